The first-order valence-electron chi connectivity index (χ1n) is 3.22. The summed E-state index contributed by atoms with van der Waals surface area (Å²) in [7, 11) is 1.84. The van der Waals surface area contributed by atoms with Crippen LogP contribution in [0.2, 0.25) is 0 Å². The molecular formula is C7H13NO2. The second kappa shape index (κ2) is 4.99. The molecule has 58 valence electrons. The Bertz CT molecular complexity index is 132. The number of nitrogens with one attached hydrogen (secondary N) is 1. The molecule has 2 N–H and O–H groups in total. The first-order valence-corrected chi connectivity index (χ1v) is 3.22. The molecule has 0 saturated heterocycles. The number of hydrogen-bond donors (Lipinski definition) is 2. The maximum atomic E-state index is 10.0. The van der Waals surface area contributed by atoms with Gasteiger partial charge in [0.2, 0.25) is 0 Å². The summed E-state index contributed by atoms with van der Waals surface area (Å²) < 4.78 is 0. The highest BCUT2D eigenvalue weighted by Crippen LogP contribution is 1.93. The molecule has 1 atom stereocenters. The van der Waals surface area contributed by atoms with E-state index in [2.05, 4.69) is 5.32 Å². The van der Waals surface area contributed by atoms with Crippen LogP contribution in [0.3, 0.4) is 0 Å². The van der Waals surface area contributed by atoms with Gasteiger partial charge in [-0.1, -0.05) is 13.0 Å². The molecule has 3 heteroatoms. The van der Waals surface area contributed by atoms with Crippen molar-refractivity contribution in [1.29, 1.82) is 0 Å². The third kappa shape index (κ3) is 5.31. The molecule has 0 aromatic heterocycles. The second-order valence-electron chi connectivity index (χ2n) is 2.23. The lowest BCUT2D eigenvalue weighted by atomic mass is 10.1. The molecule has 1 unspecified atom stereocenters. The van der Waals surface area contributed by atoms with E-state index in [0.29, 0.717) is 0 Å². The van der Waals surface area contributed by atoms with Crippen LogP contribution in [-0.4, -0.2) is 24.7 Å². The lowest BCUT2D eigenvalue weighted by molar-refractivity contribution is -0.131. The van der Waals surface area contributed by atoms with Gasteiger partial charge in [-0.2, -0.15) is 0 Å². The van der Waals surface area contributed by atoms with Gasteiger partial charge < -0.3 is 10.4 Å². The van der Waals surface area contributed by atoms with Gasteiger partial charge in [0, 0.05) is 12.6 Å². The molecule has 0 aliphatic heterocycles. The Morgan fingerprint density at radius 1 is 1.80 bits per heavy atom. The minimum atomic E-state index is -0.886. The van der Waals surface area contributed by atoms with Crippen LogP contribution in [0.4, 0.5) is 0 Å². The SMILES string of the molecule is CNCC(C)C=CC(=O)O. The second-order valence-corrected chi connectivity index (χ2v) is 2.23. The molecule has 0 amide bonds. The van der Waals surface area contributed by atoms with E-state index in [9.17, 15) is 4.79 Å². The zero-order valence-electron chi connectivity index (χ0n) is 6.29. The van der Waals surface area contributed by atoms with Crippen molar-refractivity contribution in [1.82, 2.24) is 5.32 Å². The first kappa shape index (κ1) is 9.17. The zero-order chi connectivity index (χ0) is 7.98. The number of carboxylic acids is 1. The Labute approximate surface area is 60.7 Å². The molecule has 0 heterocycles. The van der Waals surface area contributed by atoms with Crippen molar-refractivity contribution in [2.45, 2.75) is 6.92 Å². The van der Waals surface area contributed by atoms with Crippen LogP contribution >= 0.6 is 0 Å². The maximum Gasteiger partial charge on any atom is 0.327 e. The molecule has 0 spiro atoms. The van der Waals surface area contributed by atoms with Gasteiger partial charge in [0.15, 0.2) is 0 Å². The molecular weight excluding hydrogens is 130 g/mol. The highest BCUT2D eigenvalue weighted by Gasteiger charge is 1.94. The van der Waals surface area contributed by atoms with E-state index in [4.69, 9.17) is 5.11 Å². The summed E-state index contributed by atoms with van der Waals surface area (Å²) in [6.07, 6.45) is 2.83. The van der Waals surface area contributed by atoms with E-state index >= 15 is 0 Å². The highest BCUT2D eigenvalue weighted by molar-refractivity contribution is 5.79. The largest absolute Gasteiger partial charge is 0.478 e. The fourth-order valence-electron chi connectivity index (χ4n) is 0.637. The van der Waals surface area contributed by atoms with E-state index in [1.807, 2.05) is 14.0 Å². The number of carboxylic acid groups (broad SMARTS) is 1. The van der Waals surface area contributed by atoms with E-state index in [0.717, 1.165) is 6.54 Å². The normalized spacial score (nSPS) is 13.8. The van der Waals surface area contributed by atoms with Gasteiger partial charge in [0.1, 0.15) is 0 Å². The summed E-state index contributed by atoms with van der Waals surface area (Å²) in [6, 6.07) is 0. The van der Waals surface area contributed by atoms with Gasteiger partial charge in [-0.25, -0.2) is 4.79 Å². The van der Waals surface area contributed by atoms with E-state index in [1.165, 1.54) is 6.08 Å². The molecule has 0 aromatic carbocycles. The quantitative estimate of drug-likeness (QED) is 0.563. The first-order chi connectivity index (χ1) is 4.66. The lowest BCUT2D eigenvalue weighted by Gasteiger charge is -2.01. The van der Waals surface area contributed by atoms with E-state index in [1.54, 1.807) is 6.08 Å². The Morgan fingerprint density at radius 2 is 2.40 bits per heavy atom. The number of carbonyl (C=O) groups is 1. The molecule has 3 nitrogen and oxygen atoms in total. The van der Waals surface area contributed by atoms with E-state index < -0.39 is 5.97 Å². The highest BCUT2D eigenvalue weighted by atomic mass is 16.4. The van der Waals surface area contributed by atoms with Gasteiger partial charge in [-0.05, 0) is 13.0 Å². The summed E-state index contributed by atoms with van der Waals surface area (Å²) in [5.74, 6) is -0.607. The average molecular weight is 143 g/mol. The monoisotopic (exact) mass is 143 g/mol. The number of rotatable bonds is 4. The predicted molar refractivity (Wildman–Crippen MR) is 39.9 cm³/mol. The molecule has 0 bridgehead atoms. The summed E-state index contributed by atoms with van der Waals surface area (Å²) in [6.45, 7) is 2.76. The fraction of sp³-hybridized carbons (Fsp3) is 0.571. The third-order valence-electron chi connectivity index (χ3n) is 1.09. The van der Waals surface area contributed by atoms with E-state index in [-0.39, 0.29) is 5.92 Å². The van der Waals surface area contributed by atoms with Crippen LogP contribution in [-0.2, 0) is 4.79 Å². The van der Waals surface area contributed by atoms with Crippen molar-refractivity contribution in [3.63, 3.8) is 0 Å². The number of hydrogen-bond acceptors (Lipinski definition) is 2. The smallest absolute Gasteiger partial charge is 0.327 e. The number of aliphatic carboxylic acids is 1. The van der Waals surface area contributed by atoms with Crippen molar-refractivity contribution in [2.75, 3.05) is 13.6 Å². The Hall–Kier alpha value is -0.830. The Morgan fingerprint density at radius 3 is 2.80 bits per heavy atom. The molecule has 0 rings (SSSR count). The standard InChI is InChI=1S/C7H13NO2/c1-6(5-8-2)3-4-7(9)10/h3-4,6,8H,5H2,1-2H3,(H,9,10). The maximum absolute atomic E-state index is 10.0. The van der Waals surface area contributed by atoms with Crippen LogP contribution in [0.5, 0.6) is 0 Å². The van der Waals surface area contributed by atoms with Crippen molar-refractivity contribution < 1.29 is 9.90 Å². The minimum absolute atomic E-state index is 0.279. The van der Waals surface area contributed by atoms with Crippen LogP contribution in [0.15, 0.2) is 12.2 Å². The van der Waals surface area contributed by atoms with Crippen molar-refractivity contribution in [3.8, 4) is 0 Å². The van der Waals surface area contributed by atoms with Crippen molar-refractivity contribution in [3.05, 3.63) is 12.2 Å². The third-order valence-corrected chi connectivity index (χ3v) is 1.09. The van der Waals surface area contributed by atoms with Gasteiger partial charge in [-0.3, -0.25) is 0 Å². The van der Waals surface area contributed by atoms with Crippen LogP contribution in [0, 0.1) is 5.92 Å². The average Bonchev–Trinajstić information content (AvgIpc) is 1.85. The molecule has 0 aliphatic rings. The molecule has 0 fully saturated rings. The zero-order valence-corrected chi connectivity index (χ0v) is 6.29. The van der Waals surface area contributed by atoms with Crippen LogP contribution in [0.25, 0.3) is 0 Å². The molecule has 0 saturated carbocycles. The Balaban J connectivity index is 3.55. The summed E-state index contributed by atoms with van der Waals surface area (Å²) in [5.41, 5.74) is 0. The Kier molecular flexibility index (Phi) is 4.58. The van der Waals surface area contributed by atoms with Gasteiger partial charge in [0.05, 0.1) is 0 Å². The van der Waals surface area contributed by atoms with Crippen LogP contribution < -0.4 is 5.32 Å². The fourth-order valence-corrected chi connectivity index (χ4v) is 0.637. The van der Waals surface area contributed by atoms with Crippen LogP contribution in [0.1, 0.15) is 6.92 Å². The van der Waals surface area contributed by atoms with Gasteiger partial charge in [-0.15, -0.1) is 0 Å². The van der Waals surface area contributed by atoms with Crippen molar-refractivity contribution >= 4 is 5.97 Å². The molecule has 0 radical (unpaired) electrons. The van der Waals surface area contributed by atoms with Gasteiger partial charge in [0.25, 0.3) is 0 Å². The minimum Gasteiger partial charge on any atom is -0.478 e. The lowest BCUT2D eigenvalue weighted by Crippen LogP contribution is -2.14. The van der Waals surface area contributed by atoms with Gasteiger partial charge >= 0.3 is 5.97 Å². The molecule has 10 heavy (non-hydrogen) atoms. The molecule has 0 aromatic rings. The summed E-state index contributed by atoms with van der Waals surface area (Å²) in [4.78, 5) is 10.0. The topological polar surface area (TPSA) is 49.3 Å². The predicted octanol–water partition coefficient (Wildman–Crippen LogP) is 0.483. The molecule has 0 aliphatic carbocycles. The summed E-state index contributed by atoms with van der Waals surface area (Å²) in [5, 5.41) is 11.2. The summed E-state index contributed by atoms with van der Waals surface area (Å²) >= 11 is 0. The van der Waals surface area contributed by atoms with Crippen molar-refractivity contribution in [2.24, 2.45) is 5.92 Å².